The van der Waals surface area contributed by atoms with Gasteiger partial charge >= 0.3 is 5.97 Å². The van der Waals surface area contributed by atoms with Crippen LogP contribution in [-0.4, -0.2) is 70.6 Å². The molecule has 0 aliphatic heterocycles. The highest BCUT2D eigenvalue weighted by Crippen LogP contribution is 2.12. The average molecular weight is 522 g/mol. The van der Waals surface area contributed by atoms with Gasteiger partial charge in [0.2, 0.25) is 17.7 Å². The van der Waals surface area contributed by atoms with Crippen LogP contribution in [0.2, 0.25) is 0 Å². The van der Waals surface area contributed by atoms with Gasteiger partial charge in [0.05, 0.1) is 6.04 Å². The lowest BCUT2D eigenvalue weighted by atomic mass is 9.99. The molecular weight excluding hydrogens is 482 g/mol. The number of aliphatic carboxylic acids is 1. The molecule has 0 aliphatic rings. The zero-order chi connectivity index (χ0) is 28.1. The van der Waals surface area contributed by atoms with Gasteiger partial charge in [0.15, 0.2) is 5.96 Å². The van der Waals surface area contributed by atoms with Crippen molar-refractivity contribution in [2.45, 2.75) is 70.6 Å². The number of phenolic OH excluding ortho intramolecular Hbond substituents is 1. The van der Waals surface area contributed by atoms with E-state index in [9.17, 15) is 29.4 Å². The van der Waals surface area contributed by atoms with Gasteiger partial charge in [-0.3, -0.25) is 19.4 Å². The van der Waals surface area contributed by atoms with E-state index in [0.717, 1.165) is 0 Å². The summed E-state index contributed by atoms with van der Waals surface area (Å²) >= 11 is 0. The molecule has 1 rings (SSSR count). The lowest BCUT2D eigenvalue weighted by Crippen LogP contribution is -2.57. The van der Waals surface area contributed by atoms with Crippen LogP contribution >= 0.6 is 0 Å². The molecule has 0 heterocycles. The van der Waals surface area contributed by atoms with Gasteiger partial charge in [0.25, 0.3) is 0 Å². The summed E-state index contributed by atoms with van der Waals surface area (Å²) in [4.78, 5) is 53.7. The molecule has 5 atom stereocenters. The van der Waals surface area contributed by atoms with E-state index in [-0.39, 0.29) is 30.5 Å². The number of hydrogen-bond donors (Lipinski definition) is 8. The molecule has 0 radical (unpaired) electrons. The first-order valence-electron chi connectivity index (χ1n) is 12.1. The zero-order valence-electron chi connectivity index (χ0n) is 21.4. The molecule has 0 aliphatic carbocycles. The topological polar surface area (TPSA) is 235 Å². The van der Waals surface area contributed by atoms with Crippen LogP contribution in [0.25, 0.3) is 0 Å². The normalized spacial score (nSPS) is 14.8. The second-order valence-electron chi connectivity index (χ2n) is 8.93. The number of aliphatic imine (C=N–C) groups is 1. The third kappa shape index (κ3) is 11.2. The Hall–Kier alpha value is -3.87. The van der Waals surface area contributed by atoms with Crippen molar-refractivity contribution in [2.24, 2.45) is 28.1 Å². The maximum absolute atomic E-state index is 13.1. The summed E-state index contributed by atoms with van der Waals surface area (Å²) in [5.74, 6) is -3.44. The van der Waals surface area contributed by atoms with Gasteiger partial charge in [-0.25, -0.2) is 4.79 Å². The maximum Gasteiger partial charge on any atom is 0.326 e. The fourth-order valence-electron chi connectivity index (χ4n) is 3.35. The van der Waals surface area contributed by atoms with E-state index in [2.05, 4.69) is 20.9 Å². The smallest absolute Gasteiger partial charge is 0.326 e. The molecule has 5 unspecified atom stereocenters. The number of nitrogens with zero attached hydrogens (tertiary/aromatic N) is 1. The molecule has 3 amide bonds. The van der Waals surface area contributed by atoms with Crippen LogP contribution in [0.15, 0.2) is 29.3 Å². The number of carboxylic acids is 1. The summed E-state index contributed by atoms with van der Waals surface area (Å²) in [6, 6.07) is 1.86. The van der Waals surface area contributed by atoms with E-state index < -0.39 is 47.9 Å². The maximum atomic E-state index is 13.1. The molecule has 206 valence electrons. The van der Waals surface area contributed by atoms with Crippen molar-refractivity contribution in [3.8, 4) is 5.75 Å². The third-order valence-electron chi connectivity index (χ3n) is 5.84. The number of nitrogens with two attached hydrogens (primary N) is 3. The minimum absolute atomic E-state index is 0.0381. The Balaban J connectivity index is 2.92. The summed E-state index contributed by atoms with van der Waals surface area (Å²) in [5.41, 5.74) is 17.1. The van der Waals surface area contributed by atoms with Gasteiger partial charge in [-0.2, -0.15) is 0 Å². The number of guanidine groups is 1. The number of phenols is 1. The van der Waals surface area contributed by atoms with Gasteiger partial charge in [0, 0.05) is 13.0 Å². The average Bonchev–Trinajstić information content (AvgIpc) is 2.84. The first kappa shape index (κ1) is 31.2. The predicted molar refractivity (Wildman–Crippen MR) is 138 cm³/mol. The van der Waals surface area contributed by atoms with Crippen molar-refractivity contribution in [3.05, 3.63) is 29.8 Å². The largest absolute Gasteiger partial charge is 0.508 e. The van der Waals surface area contributed by atoms with Gasteiger partial charge in [-0.1, -0.05) is 32.4 Å². The second kappa shape index (κ2) is 15.3. The Morgan fingerprint density at radius 2 is 1.59 bits per heavy atom. The number of carbonyl (C=O) groups excluding carboxylic acids is 3. The second-order valence-corrected chi connectivity index (χ2v) is 8.93. The highest BCUT2D eigenvalue weighted by Gasteiger charge is 2.30. The number of rotatable bonds is 15. The highest BCUT2D eigenvalue weighted by atomic mass is 16.4. The van der Waals surface area contributed by atoms with E-state index in [1.165, 1.54) is 19.1 Å². The van der Waals surface area contributed by atoms with Crippen molar-refractivity contribution >= 4 is 29.7 Å². The molecule has 0 saturated carbocycles. The Morgan fingerprint density at radius 1 is 0.973 bits per heavy atom. The first-order chi connectivity index (χ1) is 17.3. The van der Waals surface area contributed by atoms with Crippen molar-refractivity contribution in [1.82, 2.24) is 16.0 Å². The Labute approximate surface area is 216 Å². The SMILES string of the molecule is CCC(C)C(NC(=O)C(C)NC(=O)C(Cc1ccc(O)cc1)NC(=O)C(N)CCCN=C(N)N)C(=O)O. The Morgan fingerprint density at radius 3 is 2.14 bits per heavy atom. The molecule has 37 heavy (non-hydrogen) atoms. The fourth-order valence-corrected chi connectivity index (χ4v) is 3.35. The van der Waals surface area contributed by atoms with Gasteiger partial charge in [-0.15, -0.1) is 0 Å². The number of nitrogens with one attached hydrogen (secondary N) is 3. The van der Waals surface area contributed by atoms with E-state index in [1.54, 1.807) is 26.0 Å². The molecule has 13 nitrogen and oxygen atoms in total. The van der Waals surface area contributed by atoms with Crippen LogP contribution in [0.1, 0.15) is 45.6 Å². The minimum Gasteiger partial charge on any atom is -0.508 e. The van der Waals surface area contributed by atoms with Crippen LogP contribution in [0, 0.1) is 5.92 Å². The molecule has 1 aromatic rings. The lowest BCUT2D eigenvalue weighted by Gasteiger charge is -2.25. The van der Waals surface area contributed by atoms with Gasteiger partial charge in [0.1, 0.15) is 23.9 Å². The molecule has 0 saturated heterocycles. The Kier molecular flexibility index (Phi) is 12.9. The summed E-state index contributed by atoms with van der Waals surface area (Å²) in [6.07, 6.45) is 1.29. The van der Waals surface area contributed by atoms with E-state index >= 15 is 0 Å². The summed E-state index contributed by atoms with van der Waals surface area (Å²) in [6.45, 7) is 5.21. The van der Waals surface area contributed by atoms with Gasteiger partial charge in [-0.05, 0) is 43.4 Å². The number of hydrogen-bond acceptors (Lipinski definition) is 7. The summed E-state index contributed by atoms with van der Waals surface area (Å²) < 4.78 is 0. The molecule has 0 aromatic heterocycles. The Bertz CT molecular complexity index is 949. The predicted octanol–water partition coefficient (Wildman–Crippen LogP) is -1.08. The number of carboxylic acid groups (broad SMARTS) is 1. The van der Waals surface area contributed by atoms with Crippen LogP contribution in [0.3, 0.4) is 0 Å². The molecular formula is C24H39N7O6. The summed E-state index contributed by atoms with van der Waals surface area (Å²) in [7, 11) is 0. The molecule has 1 aromatic carbocycles. The van der Waals surface area contributed by atoms with Crippen molar-refractivity contribution < 1.29 is 29.4 Å². The van der Waals surface area contributed by atoms with Crippen LogP contribution in [0.4, 0.5) is 0 Å². The fraction of sp³-hybridized carbons (Fsp3) is 0.542. The van der Waals surface area contributed by atoms with Crippen LogP contribution in [0.5, 0.6) is 5.75 Å². The quantitative estimate of drug-likeness (QED) is 0.0794. The third-order valence-corrected chi connectivity index (χ3v) is 5.84. The highest BCUT2D eigenvalue weighted by molar-refractivity contribution is 5.94. The molecule has 11 N–H and O–H groups in total. The lowest BCUT2D eigenvalue weighted by molar-refractivity contribution is -0.143. The number of carbonyl (C=O) groups is 4. The van der Waals surface area contributed by atoms with Crippen LogP contribution < -0.4 is 33.2 Å². The molecule has 13 heteroatoms. The molecule has 0 bridgehead atoms. The number of aromatic hydroxyl groups is 1. The van der Waals surface area contributed by atoms with E-state index in [4.69, 9.17) is 17.2 Å². The van der Waals surface area contributed by atoms with Crippen molar-refractivity contribution in [1.29, 1.82) is 0 Å². The molecule has 0 fully saturated rings. The number of benzene rings is 1. The van der Waals surface area contributed by atoms with Crippen LogP contribution in [-0.2, 0) is 25.6 Å². The van der Waals surface area contributed by atoms with Gasteiger partial charge < -0.3 is 43.4 Å². The van der Waals surface area contributed by atoms with Crippen molar-refractivity contribution in [2.75, 3.05) is 6.54 Å². The monoisotopic (exact) mass is 521 g/mol. The number of amides is 3. The van der Waals surface area contributed by atoms with Crippen molar-refractivity contribution in [3.63, 3.8) is 0 Å². The van der Waals surface area contributed by atoms with E-state index in [0.29, 0.717) is 24.9 Å². The first-order valence-corrected chi connectivity index (χ1v) is 12.1. The summed E-state index contributed by atoms with van der Waals surface area (Å²) in [5, 5.41) is 26.5. The minimum atomic E-state index is -1.17. The van der Waals surface area contributed by atoms with E-state index in [1.807, 2.05) is 0 Å². The zero-order valence-corrected chi connectivity index (χ0v) is 21.4. The standard InChI is InChI=1S/C24H39N7O6/c1-4-13(2)19(23(36)37)31-20(33)14(3)29-22(35)18(12-15-7-9-16(32)10-8-15)30-21(34)17(25)6-5-11-28-24(26)27/h7-10,13-14,17-19,32H,4-6,11-12,25H2,1-3H3,(H,29,35)(H,30,34)(H,31,33)(H,36,37)(H4,26,27,28). The molecule has 0 spiro atoms.